The number of fused-ring (bicyclic) bond motifs is 1. The van der Waals surface area contributed by atoms with E-state index in [1.807, 2.05) is 0 Å². The van der Waals surface area contributed by atoms with E-state index in [9.17, 15) is 14.0 Å². The minimum absolute atomic E-state index is 0.0617. The molecule has 2 aromatic carbocycles. The van der Waals surface area contributed by atoms with Gasteiger partial charge in [0.2, 0.25) is 0 Å². The summed E-state index contributed by atoms with van der Waals surface area (Å²) in [4.78, 5) is 25.4. The predicted octanol–water partition coefficient (Wildman–Crippen LogP) is 1.08. The normalized spacial score (nSPS) is 14.7. The number of amides is 2. The van der Waals surface area contributed by atoms with Gasteiger partial charge in [-0.2, -0.15) is 0 Å². The van der Waals surface area contributed by atoms with E-state index in [4.69, 9.17) is 9.47 Å². The Hall–Kier alpha value is -3.13. The van der Waals surface area contributed by atoms with Crippen molar-refractivity contribution >= 4 is 23.2 Å². The highest BCUT2D eigenvalue weighted by Gasteiger charge is 2.24. The number of halogens is 1. The number of hydrogen-bond acceptors (Lipinski definition) is 4. The van der Waals surface area contributed by atoms with Gasteiger partial charge < -0.3 is 25.0 Å². The lowest BCUT2D eigenvalue weighted by Gasteiger charge is -2.22. The van der Waals surface area contributed by atoms with Gasteiger partial charge in [0.25, 0.3) is 11.8 Å². The first-order chi connectivity index (χ1) is 13.4. The van der Waals surface area contributed by atoms with Crippen LogP contribution in [0.15, 0.2) is 42.5 Å². The fraction of sp³-hybridized carbons (Fsp3) is 0.300. The van der Waals surface area contributed by atoms with Crippen molar-refractivity contribution in [2.24, 2.45) is 0 Å². The molecular weight excluding hydrogens is 365 g/mol. The van der Waals surface area contributed by atoms with Crippen molar-refractivity contribution in [1.29, 1.82) is 0 Å². The Morgan fingerprint density at radius 1 is 1.07 bits per heavy atom. The summed E-state index contributed by atoms with van der Waals surface area (Å²) in [7, 11) is 1.75. The van der Waals surface area contributed by atoms with Crippen LogP contribution in [0.25, 0.3) is 0 Å². The molecule has 0 fully saturated rings. The number of nitrogens with one attached hydrogen (secondary N) is 3. The van der Waals surface area contributed by atoms with Crippen molar-refractivity contribution in [2.75, 3.05) is 37.4 Å². The fourth-order valence-electron chi connectivity index (χ4n) is 2.77. The van der Waals surface area contributed by atoms with Crippen molar-refractivity contribution in [3.63, 3.8) is 0 Å². The Morgan fingerprint density at radius 3 is 2.54 bits per heavy atom. The van der Waals surface area contributed by atoms with E-state index in [-0.39, 0.29) is 18.4 Å². The summed E-state index contributed by atoms with van der Waals surface area (Å²) < 4.78 is 24.2. The van der Waals surface area contributed by atoms with E-state index in [0.29, 0.717) is 41.0 Å². The molecular formula is C20H23FN3O4+. The standard InChI is InChI=1S/C20H22FN3O4/c1-13(24(2)12-19(25)22-15-5-3-4-14(21)10-15)20(26)23-16-6-7-17-18(11-16)28-9-8-27-17/h3-7,10-11,13H,8-9,12H2,1-2H3,(H,22,25)(H,23,26)/p+1/t13-/m1/s1. The SMILES string of the molecule is C[C@H](C(=O)Nc1ccc2c(c1)OCCO2)[NH+](C)CC(=O)Nc1cccc(F)c1. The van der Waals surface area contributed by atoms with Crippen molar-refractivity contribution < 1.29 is 28.4 Å². The van der Waals surface area contributed by atoms with Crippen LogP contribution in [0.5, 0.6) is 11.5 Å². The number of carbonyl (C=O) groups is 2. The van der Waals surface area contributed by atoms with E-state index in [2.05, 4.69) is 10.6 Å². The third-order valence-corrected chi connectivity index (χ3v) is 4.49. The van der Waals surface area contributed by atoms with Gasteiger partial charge in [-0.25, -0.2) is 4.39 Å². The Balaban J connectivity index is 1.54. The smallest absolute Gasteiger partial charge is 0.282 e. The second-order valence-electron chi connectivity index (χ2n) is 6.65. The molecule has 2 amide bonds. The molecule has 0 saturated carbocycles. The lowest BCUT2D eigenvalue weighted by Crippen LogP contribution is -3.14. The predicted molar refractivity (Wildman–Crippen MR) is 102 cm³/mol. The molecule has 1 aliphatic rings. The molecule has 0 radical (unpaired) electrons. The molecule has 2 atom stereocenters. The van der Waals surface area contributed by atoms with Crippen LogP contribution in [0.2, 0.25) is 0 Å². The van der Waals surface area contributed by atoms with Gasteiger partial charge in [-0.1, -0.05) is 6.07 Å². The second-order valence-corrected chi connectivity index (χ2v) is 6.65. The van der Waals surface area contributed by atoms with Crippen LogP contribution in [0.4, 0.5) is 15.8 Å². The number of carbonyl (C=O) groups excluding carboxylic acids is 2. The zero-order chi connectivity index (χ0) is 20.1. The van der Waals surface area contributed by atoms with Gasteiger partial charge in [-0.05, 0) is 37.3 Å². The molecule has 1 unspecified atom stereocenters. The molecule has 0 saturated heterocycles. The maximum atomic E-state index is 13.2. The number of hydrogen-bond donors (Lipinski definition) is 3. The highest BCUT2D eigenvalue weighted by Crippen LogP contribution is 2.32. The molecule has 148 valence electrons. The average molecular weight is 388 g/mol. The molecule has 28 heavy (non-hydrogen) atoms. The van der Waals surface area contributed by atoms with Crippen LogP contribution < -0.4 is 25.0 Å². The van der Waals surface area contributed by atoms with E-state index in [0.717, 1.165) is 0 Å². The lowest BCUT2D eigenvalue weighted by molar-refractivity contribution is -0.885. The van der Waals surface area contributed by atoms with Crippen molar-refractivity contribution in [2.45, 2.75) is 13.0 Å². The van der Waals surface area contributed by atoms with Gasteiger partial charge in [0, 0.05) is 17.4 Å². The van der Waals surface area contributed by atoms with E-state index >= 15 is 0 Å². The van der Waals surface area contributed by atoms with Gasteiger partial charge >= 0.3 is 0 Å². The molecule has 3 rings (SSSR count). The first-order valence-corrected chi connectivity index (χ1v) is 9.00. The van der Waals surface area contributed by atoms with Gasteiger partial charge in [0.15, 0.2) is 24.1 Å². The summed E-state index contributed by atoms with van der Waals surface area (Å²) >= 11 is 0. The summed E-state index contributed by atoms with van der Waals surface area (Å²) in [6.45, 7) is 2.76. The van der Waals surface area contributed by atoms with Crippen LogP contribution in [-0.2, 0) is 9.59 Å². The topological polar surface area (TPSA) is 81.1 Å². The summed E-state index contributed by atoms with van der Waals surface area (Å²) in [6.07, 6.45) is 0. The zero-order valence-electron chi connectivity index (χ0n) is 15.8. The van der Waals surface area contributed by atoms with Crippen molar-refractivity contribution in [3.05, 3.63) is 48.3 Å². The molecule has 3 N–H and O–H groups in total. The van der Waals surface area contributed by atoms with Gasteiger partial charge in [0.05, 0.1) is 7.05 Å². The summed E-state index contributed by atoms with van der Waals surface area (Å²) in [5.41, 5.74) is 0.976. The van der Waals surface area contributed by atoms with Crippen LogP contribution in [-0.4, -0.2) is 44.7 Å². The Kier molecular flexibility index (Phi) is 6.10. The van der Waals surface area contributed by atoms with E-state index in [1.54, 1.807) is 38.2 Å². The lowest BCUT2D eigenvalue weighted by atomic mass is 10.2. The van der Waals surface area contributed by atoms with Crippen molar-refractivity contribution in [1.82, 2.24) is 0 Å². The number of ether oxygens (including phenoxy) is 2. The molecule has 1 aliphatic heterocycles. The third kappa shape index (κ3) is 4.98. The summed E-state index contributed by atoms with van der Waals surface area (Å²) in [5.74, 6) is 0.279. The highest BCUT2D eigenvalue weighted by molar-refractivity contribution is 5.94. The maximum absolute atomic E-state index is 13.2. The van der Waals surface area contributed by atoms with Crippen LogP contribution in [0.1, 0.15) is 6.92 Å². The van der Waals surface area contributed by atoms with Crippen molar-refractivity contribution in [3.8, 4) is 11.5 Å². The molecule has 0 aromatic heterocycles. The minimum atomic E-state index is -0.480. The molecule has 1 heterocycles. The van der Waals surface area contributed by atoms with Crippen LogP contribution in [0.3, 0.4) is 0 Å². The Labute approximate surface area is 162 Å². The van der Waals surface area contributed by atoms with Gasteiger partial charge in [-0.3, -0.25) is 9.59 Å². The number of rotatable bonds is 6. The average Bonchev–Trinajstić information content (AvgIpc) is 2.67. The summed E-state index contributed by atoms with van der Waals surface area (Å²) in [5, 5.41) is 5.46. The third-order valence-electron chi connectivity index (χ3n) is 4.49. The first-order valence-electron chi connectivity index (χ1n) is 9.00. The van der Waals surface area contributed by atoms with Crippen LogP contribution >= 0.6 is 0 Å². The quantitative estimate of drug-likeness (QED) is 0.692. The number of quaternary nitrogens is 1. The first kappa shape index (κ1) is 19.6. The van der Waals surface area contributed by atoms with E-state index in [1.165, 1.54) is 18.2 Å². The Morgan fingerprint density at radius 2 is 1.79 bits per heavy atom. The maximum Gasteiger partial charge on any atom is 0.282 e. The Bertz CT molecular complexity index is 874. The molecule has 2 aromatic rings. The monoisotopic (exact) mass is 388 g/mol. The highest BCUT2D eigenvalue weighted by atomic mass is 19.1. The molecule has 7 nitrogen and oxygen atoms in total. The molecule has 0 spiro atoms. The number of benzene rings is 2. The second kappa shape index (κ2) is 8.71. The van der Waals surface area contributed by atoms with E-state index < -0.39 is 11.9 Å². The van der Waals surface area contributed by atoms with Crippen LogP contribution in [0, 0.1) is 5.82 Å². The fourth-order valence-corrected chi connectivity index (χ4v) is 2.77. The number of likely N-dealkylation sites (N-methyl/N-ethyl adjacent to an activating group) is 1. The largest absolute Gasteiger partial charge is 0.486 e. The number of anilines is 2. The minimum Gasteiger partial charge on any atom is -0.486 e. The summed E-state index contributed by atoms with van der Waals surface area (Å²) in [6, 6.07) is 10.4. The zero-order valence-corrected chi connectivity index (χ0v) is 15.8. The molecule has 8 heteroatoms. The van der Waals surface area contributed by atoms with Gasteiger partial charge in [0.1, 0.15) is 19.0 Å². The molecule has 0 bridgehead atoms. The van der Waals surface area contributed by atoms with Gasteiger partial charge in [-0.15, -0.1) is 0 Å². The molecule has 0 aliphatic carbocycles.